The van der Waals surface area contributed by atoms with Crippen molar-refractivity contribution in [1.29, 1.82) is 5.26 Å². The molecule has 0 amide bonds. The van der Waals surface area contributed by atoms with Gasteiger partial charge in [0.2, 0.25) is 0 Å². The summed E-state index contributed by atoms with van der Waals surface area (Å²) >= 11 is 8.16. The molecule has 0 fully saturated rings. The molecule has 1 aromatic carbocycles. The Morgan fingerprint density at radius 1 is 1.30 bits per heavy atom. The molecule has 0 unspecified atom stereocenters. The molecule has 23 heavy (non-hydrogen) atoms. The summed E-state index contributed by atoms with van der Waals surface area (Å²) in [6.07, 6.45) is 1.56. The minimum absolute atomic E-state index is 0.206. The van der Waals surface area contributed by atoms with E-state index in [0.717, 1.165) is 20.4 Å². The monoisotopic (exact) mass is 438 g/mol. The third kappa shape index (κ3) is 4.35. The topological polar surface area (TPSA) is 55.1 Å². The van der Waals surface area contributed by atoms with E-state index >= 15 is 0 Å². The fourth-order valence-electron chi connectivity index (χ4n) is 1.76. The van der Waals surface area contributed by atoms with Crippen LogP contribution in [0.25, 0.3) is 0 Å². The number of pyridine rings is 1. The van der Waals surface area contributed by atoms with Crippen LogP contribution >= 0.6 is 34.2 Å². The Kier molecular flexibility index (Phi) is 6.23. The molecular formula is C17H12ClIN2O2. The zero-order valence-corrected chi connectivity index (χ0v) is 15.4. The first-order valence-corrected chi connectivity index (χ1v) is 8.01. The molecule has 0 atom stereocenters. The highest BCUT2D eigenvalue weighted by Crippen LogP contribution is 2.24. The van der Waals surface area contributed by atoms with Crippen molar-refractivity contribution < 1.29 is 9.47 Å². The molecule has 0 bridgehead atoms. The van der Waals surface area contributed by atoms with Crippen LogP contribution in [0.3, 0.4) is 0 Å². The van der Waals surface area contributed by atoms with E-state index < -0.39 is 0 Å². The molecule has 0 N–H and O–H groups in total. The van der Waals surface area contributed by atoms with E-state index in [-0.39, 0.29) is 12.5 Å². The van der Waals surface area contributed by atoms with E-state index in [1.807, 2.05) is 31.2 Å². The third-order valence-electron chi connectivity index (χ3n) is 2.94. The Labute approximate surface area is 153 Å². The number of hydrogen-bond acceptors (Lipinski definition) is 4. The molecule has 0 aliphatic carbocycles. The Balaban J connectivity index is 2.29. The predicted octanol–water partition coefficient (Wildman–Crippen LogP) is 3.90. The van der Waals surface area contributed by atoms with Gasteiger partial charge in [-0.3, -0.25) is 0 Å². The van der Waals surface area contributed by atoms with Gasteiger partial charge >= 0.3 is 0 Å². The van der Waals surface area contributed by atoms with Crippen molar-refractivity contribution in [1.82, 2.24) is 4.98 Å². The van der Waals surface area contributed by atoms with Gasteiger partial charge in [-0.25, -0.2) is 4.98 Å². The number of benzene rings is 1. The zero-order valence-electron chi connectivity index (χ0n) is 12.5. The molecule has 0 aliphatic heterocycles. The van der Waals surface area contributed by atoms with Crippen LogP contribution in [0.2, 0.25) is 5.02 Å². The van der Waals surface area contributed by atoms with Gasteiger partial charge in [-0.1, -0.05) is 23.4 Å². The summed E-state index contributed by atoms with van der Waals surface area (Å²) in [4.78, 5) is 4.01. The van der Waals surface area contributed by atoms with Gasteiger partial charge in [0.15, 0.2) is 12.5 Å². The van der Waals surface area contributed by atoms with Crippen molar-refractivity contribution >= 4 is 34.2 Å². The first-order chi connectivity index (χ1) is 11.1. The largest absolute Gasteiger partial charge is 0.468 e. The van der Waals surface area contributed by atoms with Crippen LogP contribution in [0, 0.1) is 33.7 Å². The molecule has 2 aromatic rings. The molecule has 6 heteroatoms. The number of aromatic nitrogens is 1. The Hall–Kier alpha value is -1.80. The molecule has 4 nitrogen and oxygen atoms in total. The number of hydrogen-bond donors (Lipinski definition) is 0. The lowest BCUT2D eigenvalue weighted by atomic mass is 10.1. The van der Waals surface area contributed by atoms with E-state index in [1.54, 1.807) is 13.3 Å². The average molecular weight is 439 g/mol. The standard InChI is InChI=1S/C17H12ClIN2O2/c1-11-7-14(23-10-22-2)6-5-12(11)3-4-13-9-21-15(8-20)16(18)17(13)19/h5-7,9H,10H2,1-2H3. The Morgan fingerprint density at radius 3 is 2.70 bits per heavy atom. The average Bonchev–Trinajstić information content (AvgIpc) is 2.55. The maximum Gasteiger partial charge on any atom is 0.188 e. The van der Waals surface area contributed by atoms with Gasteiger partial charge in [0.1, 0.15) is 11.8 Å². The van der Waals surface area contributed by atoms with Gasteiger partial charge in [0, 0.05) is 18.9 Å². The fourth-order valence-corrected chi connectivity index (χ4v) is 2.48. The Bertz CT molecular complexity index is 835. The van der Waals surface area contributed by atoms with Gasteiger partial charge in [-0.15, -0.1) is 0 Å². The lowest BCUT2D eigenvalue weighted by Gasteiger charge is -2.06. The third-order valence-corrected chi connectivity index (χ3v) is 4.75. The number of halogens is 2. The van der Waals surface area contributed by atoms with Crippen molar-refractivity contribution in [2.24, 2.45) is 0 Å². The molecule has 1 aromatic heterocycles. The molecule has 1 heterocycles. The van der Waals surface area contributed by atoms with Crippen LogP contribution in [-0.4, -0.2) is 18.9 Å². The molecule has 0 saturated carbocycles. The molecule has 0 radical (unpaired) electrons. The minimum Gasteiger partial charge on any atom is -0.468 e. The van der Waals surface area contributed by atoms with E-state index in [2.05, 4.69) is 39.4 Å². The van der Waals surface area contributed by atoms with Crippen molar-refractivity contribution in [3.8, 4) is 23.7 Å². The van der Waals surface area contributed by atoms with Crippen molar-refractivity contribution in [3.05, 3.63) is 55.4 Å². The van der Waals surface area contributed by atoms with E-state index in [1.165, 1.54) is 0 Å². The first kappa shape index (κ1) is 17.6. The molecule has 0 spiro atoms. The Morgan fingerprint density at radius 2 is 2.04 bits per heavy atom. The molecular weight excluding hydrogens is 427 g/mol. The van der Waals surface area contributed by atoms with Crippen molar-refractivity contribution in [2.75, 3.05) is 13.9 Å². The highest BCUT2D eigenvalue weighted by Gasteiger charge is 2.09. The normalized spacial score (nSPS) is 9.70. The quantitative estimate of drug-likeness (QED) is 0.414. The molecule has 2 rings (SSSR count). The smallest absolute Gasteiger partial charge is 0.188 e. The van der Waals surface area contributed by atoms with Gasteiger partial charge in [0.05, 0.1) is 14.2 Å². The fraction of sp³-hybridized carbons (Fsp3) is 0.176. The summed E-state index contributed by atoms with van der Waals surface area (Å²) in [6, 6.07) is 7.58. The highest BCUT2D eigenvalue weighted by molar-refractivity contribution is 14.1. The van der Waals surface area contributed by atoms with Crippen molar-refractivity contribution in [2.45, 2.75) is 6.92 Å². The molecule has 0 aliphatic rings. The van der Waals surface area contributed by atoms with E-state index in [4.69, 9.17) is 26.3 Å². The van der Waals surface area contributed by atoms with Gasteiger partial charge in [-0.2, -0.15) is 5.26 Å². The SMILES string of the molecule is COCOc1ccc(C#Cc2cnc(C#N)c(Cl)c2I)c(C)c1. The van der Waals surface area contributed by atoms with E-state index in [0.29, 0.717) is 10.6 Å². The highest BCUT2D eigenvalue weighted by atomic mass is 127. The summed E-state index contributed by atoms with van der Waals surface area (Å²) < 4.78 is 11.0. The lowest BCUT2D eigenvalue weighted by Crippen LogP contribution is -1.99. The zero-order chi connectivity index (χ0) is 16.8. The number of nitriles is 1. The number of aryl methyl sites for hydroxylation is 1. The summed E-state index contributed by atoms with van der Waals surface area (Å²) in [5, 5.41) is 9.24. The summed E-state index contributed by atoms with van der Waals surface area (Å²) in [7, 11) is 1.57. The van der Waals surface area contributed by atoms with Crippen LogP contribution in [0.1, 0.15) is 22.4 Å². The van der Waals surface area contributed by atoms with E-state index in [9.17, 15) is 0 Å². The van der Waals surface area contributed by atoms with Crippen LogP contribution < -0.4 is 4.74 Å². The van der Waals surface area contributed by atoms with Crippen LogP contribution in [0.15, 0.2) is 24.4 Å². The second-order valence-electron chi connectivity index (χ2n) is 4.54. The lowest BCUT2D eigenvalue weighted by molar-refractivity contribution is 0.0511. The summed E-state index contributed by atoms with van der Waals surface area (Å²) in [5.41, 5.74) is 2.77. The first-order valence-electron chi connectivity index (χ1n) is 6.55. The van der Waals surface area contributed by atoms with Crippen LogP contribution in [0.4, 0.5) is 0 Å². The van der Waals surface area contributed by atoms with Crippen molar-refractivity contribution in [3.63, 3.8) is 0 Å². The van der Waals surface area contributed by atoms with Gasteiger partial charge in [0.25, 0.3) is 0 Å². The number of rotatable bonds is 3. The maximum absolute atomic E-state index is 8.91. The summed E-state index contributed by atoms with van der Waals surface area (Å²) in [6.45, 7) is 2.16. The molecule has 0 saturated heterocycles. The van der Waals surface area contributed by atoms with Gasteiger partial charge in [-0.05, 0) is 53.3 Å². The maximum atomic E-state index is 8.91. The minimum atomic E-state index is 0.206. The molecule has 116 valence electrons. The number of nitrogens with zero attached hydrogens (tertiary/aromatic N) is 2. The second kappa shape index (κ2) is 8.16. The number of ether oxygens (including phenoxy) is 2. The predicted molar refractivity (Wildman–Crippen MR) is 96.3 cm³/mol. The van der Waals surface area contributed by atoms with Crippen LogP contribution in [-0.2, 0) is 4.74 Å². The van der Waals surface area contributed by atoms with Gasteiger partial charge < -0.3 is 9.47 Å². The number of methoxy groups -OCH3 is 1. The second-order valence-corrected chi connectivity index (χ2v) is 5.99. The van der Waals surface area contributed by atoms with Crippen LogP contribution in [0.5, 0.6) is 5.75 Å². The summed E-state index contributed by atoms with van der Waals surface area (Å²) in [5.74, 6) is 6.87.